The van der Waals surface area contributed by atoms with Gasteiger partial charge in [0.15, 0.2) is 5.16 Å². The third-order valence-electron chi connectivity index (χ3n) is 4.36. The fraction of sp³-hybridized carbons (Fsp3) is 0.500. The van der Waals surface area contributed by atoms with Gasteiger partial charge in [-0.3, -0.25) is 9.36 Å². The number of likely N-dealkylation sites (tertiary alicyclic amines) is 1. The molecule has 0 N–H and O–H groups in total. The topological polar surface area (TPSA) is 51.0 Å². The summed E-state index contributed by atoms with van der Waals surface area (Å²) in [6, 6.07) is 10.0. The number of hydrogen-bond acceptors (Lipinski definition) is 4. The van der Waals surface area contributed by atoms with E-state index in [-0.39, 0.29) is 5.91 Å². The molecule has 128 valence electrons. The Labute approximate surface area is 147 Å². The summed E-state index contributed by atoms with van der Waals surface area (Å²) in [7, 11) is 0. The predicted molar refractivity (Wildman–Crippen MR) is 96.3 cm³/mol. The van der Waals surface area contributed by atoms with Crippen molar-refractivity contribution in [1.29, 1.82) is 0 Å². The van der Waals surface area contributed by atoms with Crippen molar-refractivity contribution in [3.05, 3.63) is 36.2 Å². The Balaban J connectivity index is 1.68. The Morgan fingerprint density at radius 2 is 1.83 bits per heavy atom. The minimum Gasteiger partial charge on any atom is -0.341 e. The molecule has 1 aliphatic heterocycles. The van der Waals surface area contributed by atoms with Crippen LogP contribution in [0.25, 0.3) is 5.69 Å². The molecule has 3 rings (SSSR count). The third-order valence-corrected chi connectivity index (χ3v) is 5.27. The van der Waals surface area contributed by atoms with Crippen LogP contribution in [0, 0.1) is 18.8 Å². The second-order valence-corrected chi connectivity index (χ2v) is 7.68. The van der Waals surface area contributed by atoms with Crippen LogP contribution in [0.1, 0.15) is 26.1 Å². The summed E-state index contributed by atoms with van der Waals surface area (Å²) in [5, 5.41) is 9.19. The Hall–Kier alpha value is -1.82. The van der Waals surface area contributed by atoms with Crippen LogP contribution in [0.3, 0.4) is 0 Å². The summed E-state index contributed by atoms with van der Waals surface area (Å²) < 4.78 is 2.00. The fourth-order valence-electron chi connectivity index (χ4n) is 3.39. The summed E-state index contributed by atoms with van der Waals surface area (Å²) in [6.07, 6.45) is 1.21. The zero-order chi connectivity index (χ0) is 17.1. The van der Waals surface area contributed by atoms with E-state index in [1.807, 2.05) is 46.7 Å². The van der Waals surface area contributed by atoms with E-state index >= 15 is 0 Å². The number of hydrogen-bond donors (Lipinski definition) is 0. The number of nitrogens with zero attached hydrogens (tertiary/aromatic N) is 4. The maximum Gasteiger partial charge on any atom is 0.233 e. The summed E-state index contributed by atoms with van der Waals surface area (Å²) >= 11 is 1.47. The second-order valence-electron chi connectivity index (χ2n) is 6.73. The molecule has 1 aromatic heterocycles. The van der Waals surface area contributed by atoms with Crippen LogP contribution in [0.4, 0.5) is 0 Å². The first-order valence-corrected chi connectivity index (χ1v) is 9.41. The number of piperidine rings is 1. The van der Waals surface area contributed by atoms with E-state index in [1.54, 1.807) is 0 Å². The highest BCUT2D eigenvalue weighted by Gasteiger charge is 2.25. The van der Waals surface area contributed by atoms with Gasteiger partial charge in [0, 0.05) is 18.8 Å². The number of carbonyl (C=O) groups excluding carboxylic acids is 1. The molecule has 1 fully saturated rings. The fourth-order valence-corrected chi connectivity index (χ4v) is 4.30. The molecule has 2 aromatic rings. The normalized spacial score (nSPS) is 21.0. The van der Waals surface area contributed by atoms with Crippen molar-refractivity contribution in [2.75, 3.05) is 18.8 Å². The molecule has 0 saturated carbocycles. The number of aryl methyl sites for hydroxylation is 1. The van der Waals surface area contributed by atoms with E-state index in [1.165, 1.54) is 18.2 Å². The van der Waals surface area contributed by atoms with Gasteiger partial charge in [0.2, 0.25) is 5.91 Å². The van der Waals surface area contributed by atoms with Crippen LogP contribution in [-0.2, 0) is 4.79 Å². The number of rotatable bonds is 4. The lowest BCUT2D eigenvalue weighted by molar-refractivity contribution is -0.130. The van der Waals surface area contributed by atoms with Gasteiger partial charge in [-0.05, 0) is 37.3 Å². The van der Waals surface area contributed by atoms with Crippen molar-refractivity contribution in [3.63, 3.8) is 0 Å². The Morgan fingerprint density at radius 1 is 1.17 bits per heavy atom. The molecule has 1 saturated heterocycles. The average molecular weight is 344 g/mol. The molecule has 5 nitrogen and oxygen atoms in total. The van der Waals surface area contributed by atoms with Gasteiger partial charge < -0.3 is 4.90 Å². The van der Waals surface area contributed by atoms with Crippen LogP contribution in [0.2, 0.25) is 0 Å². The zero-order valence-corrected chi connectivity index (χ0v) is 15.3. The van der Waals surface area contributed by atoms with Gasteiger partial charge in [0.1, 0.15) is 5.82 Å². The Kier molecular flexibility index (Phi) is 5.23. The molecule has 0 bridgehead atoms. The molecule has 1 amide bonds. The van der Waals surface area contributed by atoms with E-state index in [9.17, 15) is 4.79 Å². The quantitative estimate of drug-likeness (QED) is 0.800. The molecule has 0 aliphatic carbocycles. The first-order chi connectivity index (χ1) is 11.5. The molecule has 1 aromatic carbocycles. The number of amides is 1. The Bertz CT molecular complexity index is 690. The van der Waals surface area contributed by atoms with E-state index in [2.05, 4.69) is 24.0 Å². The Morgan fingerprint density at radius 3 is 2.50 bits per heavy atom. The van der Waals surface area contributed by atoms with Gasteiger partial charge in [0.05, 0.1) is 5.75 Å². The van der Waals surface area contributed by atoms with E-state index in [4.69, 9.17) is 0 Å². The summed E-state index contributed by atoms with van der Waals surface area (Å²) in [5.41, 5.74) is 1.02. The van der Waals surface area contributed by atoms with Crippen molar-refractivity contribution in [2.24, 2.45) is 11.8 Å². The third kappa shape index (κ3) is 3.80. The highest BCUT2D eigenvalue weighted by Crippen LogP contribution is 2.24. The number of benzene rings is 1. The molecule has 1 aliphatic rings. The zero-order valence-electron chi connectivity index (χ0n) is 14.5. The molecule has 2 heterocycles. The second kappa shape index (κ2) is 7.38. The minimum atomic E-state index is 0.193. The van der Waals surface area contributed by atoms with Crippen LogP contribution in [0.5, 0.6) is 0 Å². The van der Waals surface area contributed by atoms with Crippen molar-refractivity contribution in [2.45, 2.75) is 32.3 Å². The SMILES string of the molecule is Cc1nnc(SCC(=O)N2C[C@H](C)C[C@@H](C)C2)n1-c1ccccc1. The molecule has 24 heavy (non-hydrogen) atoms. The highest BCUT2D eigenvalue weighted by molar-refractivity contribution is 7.99. The molecule has 6 heteroatoms. The first kappa shape index (κ1) is 17.0. The number of thioether (sulfide) groups is 1. The van der Waals surface area contributed by atoms with Gasteiger partial charge in [-0.25, -0.2) is 0 Å². The maximum atomic E-state index is 12.6. The largest absolute Gasteiger partial charge is 0.341 e. The van der Waals surface area contributed by atoms with Crippen molar-refractivity contribution in [1.82, 2.24) is 19.7 Å². The first-order valence-electron chi connectivity index (χ1n) is 8.42. The number of para-hydroxylation sites is 1. The van der Waals surface area contributed by atoms with Crippen LogP contribution in [0.15, 0.2) is 35.5 Å². The van der Waals surface area contributed by atoms with E-state index in [0.29, 0.717) is 17.6 Å². The standard InChI is InChI=1S/C18H24N4OS/c1-13-9-14(2)11-21(10-13)17(23)12-24-18-20-19-15(3)22(18)16-7-5-4-6-8-16/h4-8,13-14H,9-12H2,1-3H3/t13-,14-/m1/s1. The van der Waals surface area contributed by atoms with Crippen LogP contribution >= 0.6 is 11.8 Å². The van der Waals surface area contributed by atoms with Gasteiger partial charge >= 0.3 is 0 Å². The van der Waals surface area contributed by atoms with Crippen molar-refractivity contribution in [3.8, 4) is 5.69 Å². The minimum absolute atomic E-state index is 0.193. The molecule has 0 unspecified atom stereocenters. The van der Waals surface area contributed by atoms with E-state index in [0.717, 1.165) is 29.8 Å². The van der Waals surface area contributed by atoms with Crippen molar-refractivity contribution >= 4 is 17.7 Å². The number of aromatic nitrogens is 3. The predicted octanol–water partition coefficient (Wildman–Crippen LogP) is 3.17. The average Bonchev–Trinajstić information content (AvgIpc) is 2.93. The van der Waals surface area contributed by atoms with Crippen LogP contribution in [-0.4, -0.2) is 44.4 Å². The molecule has 2 atom stereocenters. The molecular weight excluding hydrogens is 320 g/mol. The smallest absolute Gasteiger partial charge is 0.233 e. The van der Waals surface area contributed by atoms with Gasteiger partial charge in [-0.15, -0.1) is 10.2 Å². The molecule has 0 radical (unpaired) electrons. The summed E-state index contributed by atoms with van der Waals surface area (Å²) in [5.74, 6) is 2.59. The molecular formula is C18H24N4OS. The maximum absolute atomic E-state index is 12.6. The lowest BCUT2D eigenvalue weighted by Crippen LogP contribution is -2.43. The number of carbonyl (C=O) groups is 1. The van der Waals surface area contributed by atoms with Crippen molar-refractivity contribution < 1.29 is 4.79 Å². The lowest BCUT2D eigenvalue weighted by atomic mass is 9.92. The monoisotopic (exact) mass is 344 g/mol. The van der Waals surface area contributed by atoms with Gasteiger partial charge in [0.25, 0.3) is 0 Å². The lowest BCUT2D eigenvalue weighted by Gasteiger charge is -2.34. The van der Waals surface area contributed by atoms with E-state index < -0.39 is 0 Å². The summed E-state index contributed by atoms with van der Waals surface area (Å²) in [6.45, 7) is 8.11. The molecule has 0 spiro atoms. The van der Waals surface area contributed by atoms with Gasteiger partial charge in [-0.1, -0.05) is 43.8 Å². The summed E-state index contributed by atoms with van der Waals surface area (Å²) in [4.78, 5) is 14.6. The van der Waals surface area contributed by atoms with Gasteiger partial charge in [-0.2, -0.15) is 0 Å². The van der Waals surface area contributed by atoms with Crippen LogP contribution < -0.4 is 0 Å². The highest BCUT2D eigenvalue weighted by atomic mass is 32.2.